The fraction of sp³-hybridized carbons (Fsp3) is 0.400. The Bertz CT molecular complexity index is 288. The standard InChI is InChI=1S/C10H10F2O/c11-8-3-7(4-9(12)5-8)1-2-10-6-13-10/h3-5,10H,1-2,6H2/t10-/m0/s1. The van der Waals surface area contributed by atoms with Crippen LogP contribution in [0.2, 0.25) is 0 Å². The molecular weight excluding hydrogens is 174 g/mol. The van der Waals surface area contributed by atoms with Crippen molar-refractivity contribution in [3.8, 4) is 0 Å². The molecule has 1 aliphatic heterocycles. The van der Waals surface area contributed by atoms with Crippen molar-refractivity contribution >= 4 is 0 Å². The summed E-state index contributed by atoms with van der Waals surface area (Å²) >= 11 is 0. The van der Waals surface area contributed by atoms with Crippen LogP contribution in [-0.2, 0) is 11.2 Å². The highest BCUT2D eigenvalue weighted by atomic mass is 19.1. The number of hydrogen-bond acceptors (Lipinski definition) is 1. The molecule has 0 N–H and O–H groups in total. The Morgan fingerprint density at radius 3 is 2.38 bits per heavy atom. The third-order valence-electron chi connectivity index (χ3n) is 2.08. The minimum atomic E-state index is -0.508. The predicted molar refractivity (Wildman–Crippen MR) is 44.4 cm³/mol. The first-order chi connectivity index (χ1) is 6.24. The largest absolute Gasteiger partial charge is 0.373 e. The van der Waals surface area contributed by atoms with Crippen molar-refractivity contribution in [2.75, 3.05) is 6.61 Å². The Hall–Kier alpha value is -0.960. The highest BCUT2D eigenvalue weighted by molar-refractivity contribution is 5.18. The summed E-state index contributed by atoms with van der Waals surface area (Å²) in [6.07, 6.45) is 1.84. The van der Waals surface area contributed by atoms with Crippen molar-refractivity contribution in [1.29, 1.82) is 0 Å². The Balaban J connectivity index is 2.01. The first kappa shape index (κ1) is 8.63. The van der Waals surface area contributed by atoms with Crippen molar-refractivity contribution in [3.05, 3.63) is 35.4 Å². The van der Waals surface area contributed by atoms with Crippen LogP contribution in [0, 0.1) is 11.6 Å². The average molecular weight is 184 g/mol. The van der Waals surface area contributed by atoms with E-state index < -0.39 is 11.6 Å². The number of rotatable bonds is 3. The maximum Gasteiger partial charge on any atom is 0.126 e. The third kappa shape index (κ3) is 2.49. The van der Waals surface area contributed by atoms with E-state index in [-0.39, 0.29) is 0 Å². The van der Waals surface area contributed by atoms with Gasteiger partial charge in [0, 0.05) is 6.07 Å². The zero-order chi connectivity index (χ0) is 9.26. The van der Waals surface area contributed by atoms with Crippen LogP contribution in [0.1, 0.15) is 12.0 Å². The summed E-state index contributed by atoms with van der Waals surface area (Å²) in [5.41, 5.74) is 0.702. The molecule has 1 nitrogen and oxygen atoms in total. The lowest BCUT2D eigenvalue weighted by molar-refractivity contribution is 0.396. The molecule has 13 heavy (non-hydrogen) atoms. The van der Waals surface area contributed by atoms with Gasteiger partial charge in [-0.2, -0.15) is 0 Å². The monoisotopic (exact) mass is 184 g/mol. The first-order valence-electron chi connectivity index (χ1n) is 4.30. The summed E-state index contributed by atoms with van der Waals surface area (Å²) in [4.78, 5) is 0. The molecule has 0 amide bonds. The predicted octanol–water partition coefficient (Wildman–Crippen LogP) is 2.30. The van der Waals surface area contributed by atoms with Crippen molar-refractivity contribution in [2.24, 2.45) is 0 Å². The molecular formula is C10H10F2O. The topological polar surface area (TPSA) is 12.5 Å². The van der Waals surface area contributed by atoms with Gasteiger partial charge in [-0.3, -0.25) is 0 Å². The zero-order valence-electron chi connectivity index (χ0n) is 7.09. The van der Waals surface area contributed by atoms with E-state index in [1.807, 2.05) is 0 Å². The van der Waals surface area contributed by atoms with E-state index in [0.29, 0.717) is 18.1 Å². The smallest absolute Gasteiger partial charge is 0.126 e. The SMILES string of the molecule is Fc1cc(F)cc(CC[C@H]2CO2)c1. The molecule has 2 rings (SSSR count). The maximum atomic E-state index is 12.7. The van der Waals surface area contributed by atoms with E-state index in [2.05, 4.69) is 0 Å². The maximum absolute atomic E-state index is 12.7. The van der Waals surface area contributed by atoms with Gasteiger partial charge < -0.3 is 4.74 Å². The highest BCUT2D eigenvalue weighted by Gasteiger charge is 2.21. The summed E-state index contributed by atoms with van der Waals surface area (Å²) < 4.78 is 30.4. The van der Waals surface area contributed by atoms with Gasteiger partial charge in [-0.1, -0.05) is 0 Å². The molecule has 70 valence electrons. The van der Waals surface area contributed by atoms with Crippen LogP contribution in [0.15, 0.2) is 18.2 Å². The molecule has 0 spiro atoms. The molecule has 1 atom stereocenters. The van der Waals surface area contributed by atoms with E-state index in [9.17, 15) is 8.78 Å². The van der Waals surface area contributed by atoms with Crippen LogP contribution >= 0.6 is 0 Å². The molecule has 3 heteroatoms. The van der Waals surface area contributed by atoms with E-state index in [1.165, 1.54) is 12.1 Å². The molecule has 1 saturated heterocycles. The van der Waals surface area contributed by atoms with Crippen LogP contribution in [-0.4, -0.2) is 12.7 Å². The van der Waals surface area contributed by atoms with Gasteiger partial charge in [0.1, 0.15) is 11.6 Å². The Kier molecular flexibility index (Phi) is 2.27. The summed E-state index contributed by atoms with van der Waals surface area (Å²) in [6.45, 7) is 0.789. The number of epoxide rings is 1. The van der Waals surface area contributed by atoms with Crippen molar-refractivity contribution in [2.45, 2.75) is 18.9 Å². The van der Waals surface area contributed by atoms with Crippen LogP contribution < -0.4 is 0 Å². The molecule has 1 aliphatic rings. The summed E-state index contributed by atoms with van der Waals surface area (Å²) in [6, 6.07) is 3.62. The molecule has 1 aromatic carbocycles. The lowest BCUT2D eigenvalue weighted by atomic mass is 10.1. The second kappa shape index (κ2) is 3.42. The number of benzene rings is 1. The van der Waals surface area contributed by atoms with Gasteiger partial charge in [-0.25, -0.2) is 8.78 Å². The van der Waals surface area contributed by atoms with E-state index in [0.717, 1.165) is 19.1 Å². The molecule has 0 bridgehead atoms. The second-order valence-corrected chi connectivity index (χ2v) is 3.27. The average Bonchev–Trinajstić information content (AvgIpc) is 2.81. The summed E-state index contributed by atoms with van der Waals surface area (Å²) in [5, 5.41) is 0. The fourth-order valence-corrected chi connectivity index (χ4v) is 1.32. The molecule has 0 aliphatic carbocycles. The van der Waals surface area contributed by atoms with Crippen molar-refractivity contribution in [1.82, 2.24) is 0 Å². The van der Waals surface area contributed by atoms with Gasteiger partial charge in [0.2, 0.25) is 0 Å². The molecule has 0 aromatic heterocycles. The third-order valence-corrected chi connectivity index (χ3v) is 2.08. The Labute approximate surface area is 75.3 Å². The molecule has 1 aromatic rings. The number of hydrogen-bond donors (Lipinski definition) is 0. The molecule has 1 heterocycles. The van der Waals surface area contributed by atoms with Crippen molar-refractivity contribution < 1.29 is 13.5 Å². The summed E-state index contributed by atoms with van der Waals surface area (Å²) in [5.74, 6) is -1.02. The normalized spacial score (nSPS) is 20.3. The zero-order valence-corrected chi connectivity index (χ0v) is 7.09. The van der Waals surface area contributed by atoms with Crippen LogP contribution in [0.25, 0.3) is 0 Å². The minimum Gasteiger partial charge on any atom is -0.373 e. The van der Waals surface area contributed by atoms with Gasteiger partial charge in [0.15, 0.2) is 0 Å². The Morgan fingerprint density at radius 1 is 1.23 bits per heavy atom. The lowest BCUT2D eigenvalue weighted by Gasteiger charge is -1.99. The quantitative estimate of drug-likeness (QED) is 0.656. The fourth-order valence-electron chi connectivity index (χ4n) is 1.32. The molecule has 1 fully saturated rings. The van der Waals surface area contributed by atoms with Gasteiger partial charge in [-0.05, 0) is 30.5 Å². The van der Waals surface area contributed by atoms with Crippen molar-refractivity contribution in [3.63, 3.8) is 0 Å². The van der Waals surface area contributed by atoms with Gasteiger partial charge >= 0.3 is 0 Å². The van der Waals surface area contributed by atoms with Gasteiger partial charge in [0.25, 0.3) is 0 Å². The Morgan fingerprint density at radius 2 is 1.85 bits per heavy atom. The van der Waals surface area contributed by atoms with E-state index in [1.54, 1.807) is 0 Å². The van der Waals surface area contributed by atoms with Gasteiger partial charge in [0.05, 0.1) is 12.7 Å². The molecule has 0 unspecified atom stereocenters. The number of aryl methyl sites for hydroxylation is 1. The van der Waals surface area contributed by atoms with Crippen LogP contribution in [0.5, 0.6) is 0 Å². The van der Waals surface area contributed by atoms with E-state index >= 15 is 0 Å². The highest BCUT2D eigenvalue weighted by Crippen LogP contribution is 2.17. The minimum absolute atomic E-state index is 0.311. The molecule has 0 radical (unpaired) electrons. The summed E-state index contributed by atoms with van der Waals surface area (Å²) in [7, 11) is 0. The van der Waals surface area contributed by atoms with E-state index in [4.69, 9.17) is 4.74 Å². The first-order valence-corrected chi connectivity index (χ1v) is 4.30. The second-order valence-electron chi connectivity index (χ2n) is 3.27. The van der Waals surface area contributed by atoms with Crippen LogP contribution in [0.4, 0.5) is 8.78 Å². The lowest BCUT2D eigenvalue weighted by Crippen LogP contribution is -1.93. The number of halogens is 2. The molecule has 0 saturated carbocycles. The number of ether oxygens (including phenoxy) is 1. The van der Waals surface area contributed by atoms with Crippen LogP contribution in [0.3, 0.4) is 0 Å². The van der Waals surface area contributed by atoms with Gasteiger partial charge in [-0.15, -0.1) is 0 Å².